The van der Waals surface area contributed by atoms with Crippen molar-refractivity contribution in [3.63, 3.8) is 0 Å². The van der Waals surface area contributed by atoms with Gasteiger partial charge in [-0.15, -0.1) is 0 Å². The first-order chi connectivity index (χ1) is 6.49. The molecular weight excluding hydrogens is 259 g/mol. The van der Waals surface area contributed by atoms with Crippen molar-refractivity contribution in [1.82, 2.24) is 5.32 Å². The summed E-state index contributed by atoms with van der Waals surface area (Å²) in [6.07, 6.45) is -4.18. The second-order valence-corrected chi connectivity index (χ2v) is 3.68. The van der Waals surface area contributed by atoms with Gasteiger partial charge in [0.05, 0.1) is 11.5 Å². The van der Waals surface area contributed by atoms with Crippen molar-refractivity contribution in [3.8, 4) is 0 Å². The Morgan fingerprint density at radius 1 is 1.21 bits per heavy atom. The molecule has 0 fully saturated rings. The van der Waals surface area contributed by atoms with Crippen LogP contribution in [0.5, 0.6) is 0 Å². The van der Waals surface area contributed by atoms with E-state index < -0.39 is 17.7 Å². The lowest BCUT2D eigenvalue weighted by Crippen LogP contribution is -2.29. The Hall–Kier alpha value is -0.550. The van der Waals surface area contributed by atoms with Crippen LogP contribution in [0.3, 0.4) is 0 Å². The van der Waals surface area contributed by atoms with Crippen molar-refractivity contribution in [1.29, 1.82) is 0 Å². The van der Waals surface area contributed by atoms with E-state index in [0.717, 1.165) is 5.56 Å². The van der Waals surface area contributed by atoms with Gasteiger partial charge >= 0.3 is 6.18 Å². The van der Waals surface area contributed by atoms with E-state index in [1.165, 1.54) is 0 Å². The summed E-state index contributed by atoms with van der Waals surface area (Å²) >= 11 is 3.13. The Labute approximate surface area is 88.4 Å². The molecule has 0 aliphatic rings. The van der Waals surface area contributed by atoms with Crippen LogP contribution in [0, 0.1) is 0 Å². The van der Waals surface area contributed by atoms with E-state index in [1.54, 1.807) is 24.3 Å². The third-order valence-corrected chi connectivity index (χ3v) is 2.43. The fraction of sp³-hybridized carbons (Fsp3) is 0.333. The normalized spacial score (nSPS) is 14.0. The Bertz CT molecular complexity index is 273. The minimum absolute atomic E-state index is 0.467. The standard InChI is InChI=1S/C9H9BrF3N/c10-8(14-6-9(11,12)13)7-4-2-1-3-5-7/h1-5,8,14H,6H2. The van der Waals surface area contributed by atoms with Crippen molar-refractivity contribution >= 4 is 15.9 Å². The molecule has 0 saturated heterocycles. The molecule has 0 aliphatic heterocycles. The van der Waals surface area contributed by atoms with Gasteiger partial charge in [-0.2, -0.15) is 13.2 Å². The van der Waals surface area contributed by atoms with Gasteiger partial charge in [0.2, 0.25) is 0 Å². The van der Waals surface area contributed by atoms with Gasteiger partial charge in [0.15, 0.2) is 0 Å². The molecule has 1 atom stereocenters. The Morgan fingerprint density at radius 3 is 2.29 bits per heavy atom. The molecule has 0 saturated carbocycles. The summed E-state index contributed by atoms with van der Waals surface area (Å²) in [5, 5.41) is 2.33. The van der Waals surface area contributed by atoms with Crippen LogP contribution < -0.4 is 5.32 Å². The number of nitrogens with one attached hydrogen (secondary N) is 1. The molecule has 1 N–H and O–H groups in total. The maximum absolute atomic E-state index is 11.8. The highest BCUT2D eigenvalue weighted by Gasteiger charge is 2.27. The van der Waals surface area contributed by atoms with E-state index in [-0.39, 0.29) is 0 Å². The molecule has 1 rings (SSSR count). The third-order valence-electron chi connectivity index (χ3n) is 1.57. The second-order valence-electron chi connectivity index (χ2n) is 2.77. The predicted molar refractivity (Wildman–Crippen MR) is 52.2 cm³/mol. The molecule has 78 valence electrons. The van der Waals surface area contributed by atoms with Crippen LogP contribution in [0.2, 0.25) is 0 Å². The van der Waals surface area contributed by atoms with Crippen molar-refractivity contribution in [2.45, 2.75) is 11.1 Å². The Morgan fingerprint density at radius 2 is 1.79 bits per heavy atom. The van der Waals surface area contributed by atoms with E-state index in [4.69, 9.17) is 0 Å². The van der Waals surface area contributed by atoms with E-state index in [1.807, 2.05) is 6.07 Å². The summed E-state index contributed by atoms with van der Waals surface area (Å²) < 4.78 is 35.5. The maximum atomic E-state index is 11.8. The highest BCUT2D eigenvalue weighted by Crippen LogP contribution is 2.21. The molecule has 0 radical (unpaired) electrons. The molecule has 1 unspecified atom stereocenters. The summed E-state index contributed by atoms with van der Waals surface area (Å²) in [5.74, 6) is 0. The predicted octanol–water partition coefficient (Wildman–Crippen LogP) is 3.23. The molecule has 5 heteroatoms. The quantitative estimate of drug-likeness (QED) is 0.655. The number of hydrogen-bond donors (Lipinski definition) is 1. The van der Waals surface area contributed by atoms with E-state index >= 15 is 0 Å². The van der Waals surface area contributed by atoms with Gasteiger partial charge in [0, 0.05) is 0 Å². The topological polar surface area (TPSA) is 12.0 Å². The first-order valence-corrected chi connectivity index (χ1v) is 4.90. The number of alkyl halides is 4. The first-order valence-electron chi connectivity index (χ1n) is 3.98. The lowest BCUT2D eigenvalue weighted by molar-refractivity contribution is -0.125. The van der Waals surface area contributed by atoms with E-state index in [2.05, 4.69) is 21.2 Å². The molecule has 0 spiro atoms. The van der Waals surface area contributed by atoms with E-state index in [0.29, 0.717) is 0 Å². The number of benzene rings is 1. The Kier molecular flexibility index (Phi) is 3.95. The molecule has 0 aromatic heterocycles. The molecule has 1 nitrogen and oxygen atoms in total. The fourth-order valence-electron chi connectivity index (χ4n) is 0.945. The monoisotopic (exact) mass is 267 g/mol. The molecule has 1 aromatic rings. The Balaban J connectivity index is 2.48. The molecular formula is C9H9BrF3N. The van der Waals surface area contributed by atoms with Crippen LogP contribution >= 0.6 is 15.9 Å². The molecule has 0 bridgehead atoms. The highest BCUT2D eigenvalue weighted by molar-refractivity contribution is 9.09. The molecule has 1 aromatic carbocycles. The van der Waals surface area contributed by atoms with Gasteiger partial charge < -0.3 is 0 Å². The highest BCUT2D eigenvalue weighted by atomic mass is 79.9. The lowest BCUT2D eigenvalue weighted by atomic mass is 10.2. The minimum atomic E-state index is -4.18. The fourth-order valence-corrected chi connectivity index (χ4v) is 1.41. The van der Waals surface area contributed by atoms with Crippen LogP contribution in [0.4, 0.5) is 13.2 Å². The number of halogens is 4. The van der Waals surface area contributed by atoms with Crippen LogP contribution in [0.15, 0.2) is 30.3 Å². The average molecular weight is 268 g/mol. The number of hydrogen-bond acceptors (Lipinski definition) is 1. The van der Waals surface area contributed by atoms with Crippen molar-refractivity contribution < 1.29 is 13.2 Å². The largest absolute Gasteiger partial charge is 0.401 e. The van der Waals surface area contributed by atoms with Gasteiger partial charge in [0.25, 0.3) is 0 Å². The average Bonchev–Trinajstić information content (AvgIpc) is 2.14. The zero-order valence-electron chi connectivity index (χ0n) is 7.18. The molecule has 0 heterocycles. The summed E-state index contributed by atoms with van der Waals surface area (Å²) in [4.78, 5) is -0.467. The van der Waals surface area contributed by atoms with Crippen molar-refractivity contribution in [2.24, 2.45) is 0 Å². The summed E-state index contributed by atoms with van der Waals surface area (Å²) in [7, 11) is 0. The third kappa shape index (κ3) is 4.11. The zero-order chi connectivity index (χ0) is 10.6. The van der Waals surface area contributed by atoms with Crippen LogP contribution in [0.1, 0.15) is 10.5 Å². The number of rotatable bonds is 3. The summed E-state index contributed by atoms with van der Waals surface area (Å²) in [6, 6.07) is 8.87. The lowest BCUT2D eigenvalue weighted by Gasteiger charge is -2.13. The maximum Gasteiger partial charge on any atom is 0.401 e. The van der Waals surface area contributed by atoms with Crippen LogP contribution in [-0.2, 0) is 0 Å². The van der Waals surface area contributed by atoms with Crippen molar-refractivity contribution in [3.05, 3.63) is 35.9 Å². The van der Waals surface area contributed by atoms with Gasteiger partial charge in [-0.05, 0) is 5.56 Å². The van der Waals surface area contributed by atoms with Gasteiger partial charge in [0.1, 0.15) is 0 Å². The van der Waals surface area contributed by atoms with Crippen LogP contribution in [0.25, 0.3) is 0 Å². The van der Waals surface area contributed by atoms with Gasteiger partial charge in [-0.25, -0.2) is 0 Å². The van der Waals surface area contributed by atoms with E-state index in [9.17, 15) is 13.2 Å². The first kappa shape index (κ1) is 11.5. The second kappa shape index (κ2) is 4.79. The summed E-state index contributed by atoms with van der Waals surface area (Å²) in [6.45, 7) is -1.00. The van der Waals surface area contributed by atoms with Crippen molar-refractivity contribution in [2.75, 3.05) is 6.54 Å². The molecule has 14 heavy (non-hydrogen) atoms. The van der Waals surface area contributed by atoms with Gasteiger partial charge in [-0.3, -0.25) is 5.32 Å². The summed E-state index contributed by atoms with van der Waals surface area (Å²) in [5.41, 5.74) is 0.775. The smallest absolute Gasteiger partial charge is 0.293 e. The minimum Gasteiger partial charge on any atom is -0.293 e. The SMILES string of the molecule is FC(F)(F)CNC(Br)c1ccccc1. The zero-order valence-corrected chi connectivity index (χ0v) is 8.77. The van der Waals surface area contributed by atoms with Crippen LogP contribution in [-0.4, -0.2) is 12.7 Å². The molecule has 0 amide bonds. The molecule has 0 aliphatic carbocycles. The van der Waals surface area contributed by atoms with Gasteiger partial charge in [-0.1, -0.05) is 46.3 Å².